The smallest absolute Gasteiger partial charge is 0.255 e. The van der Waals surface area contributed by atoms with Gasteiger partial charge in [-0.1, -0.05) is 19.1 Å². The molecule has 1 unspecified atom stereocenters. The molecular weight excluding hydrogens is 797 g/mol. The molecule has 0 spiro atoms. The molecular formula is C48H58N10O5. The van der Waals surface area contributed by atoms with Crippen molar-refractivity contribution in [2.45, 2.75) is 83.7 Å². The molecule has 15 nitrogen and oxygen atoms in total. The minimum Gasteiger partial charge on any atom is -0.492 e. The van der Waals surface area contributed by atoms with Crippen LogP contribution in [0.15, 0.2) is 55.0 Å². The molecule has 4 fully saturated rings. The number of hydrogen-bond donors (Lipinski definition) is 1. The van der Waals surface area contributed by atoms with Gasteiger partial charge in [-0.3, -0.25) is 29.4 Å². The van der Waals surface area contributed by atoms with Gasteiger partial charge in [0.05, 0.1) is 30.1 Å². The monoisotopic (exact) mass is 854 g/mol. The summed E-state index contributed by atoms with van der Waals surface area (Å²) < 4.78 is 7.50. The maximum Gasteiger partial charge on any atom is 0.255 e. The second-order valence-electron chi connectivity index (χ2n) is 18.1. The molecule has 4 saturated heterocycles. The fraction of sp³-hybridized carbons (Fsp3) is 0.521. The van der Waals surface area contributed by atoms with E-state index in [0.717, 1.165) is 131 Å². The predicted octanol–water partition coefficient (Wildman–Crippen LogP) is 4.84. The van der Waals surface area contributed by atoms with Gasteiger partial charge < -0.3 is 24.3 Å². The van der Waals surface area contributed by atoms with E-state index in [9.17, 15) is 24.4 Å². The van der Waals surface area contributed by atoms with Gasteiger partial charge in [0.1, 0.15) is 23.7 Å². The summed E-state index contributed by atoms with van der Waals surface area (Å²) in [7, 11) is 0. The fourth-order valence-corrected chi connectivity index (χ4v) is 10.6. The second-order valence-corrected chi connectivity index (χ2v) is 18.1. The lowest BCUT2D eigenvalue weighted by Crippen LogP contribution is -2.53. The molecule has 15 heteroatoms. The molecule has 0 bridgehead atoms. The summed E-state index contributed by atoms with van der Waals surface area (Å²) in [6, 6.07) is 14.0. The van der Waals surface area contributed by atoms with Gasteiger partial charge >= 0.3 is 0 Å². The molecule has 0 radical (unpaired) electrons. The lowest BCUT2D eigenvalue weighted by atomic mass is 9.75. The molecule has 1 atom stereocenters. The van der Waals surface area contributed by atoms with Gasteiger partial charge in [0, 0.05) is 94.6 Å². The normalized spacial score (nSPS) is 21.1. The van der Waals surface area contributed by atoms with Crippen LogP contribution in [0.4, 0.5) is 5.82 Å². The Morgan fingerprint density at radius 1 is 0.921 bits per heavy atom. The van der Waals surface area contributed by atoms with Crippen LogP contribution in [-0.4, -0.2) is 136 Å². The summed E-state index contributed by atoms with van der Waals surface area (Å²) in [4.78, 5) is 66.8. The molecule has 330 valence electrons. The number of fused-ring (bicyclic) bond motifs is 2. The Kier molecular flexibility index (Phi) is 12.2. The zero-order valence-corrected chi connectivity index (χ0v) is 36.6. The number of pyridine rings is 2. The summed E-state index contributed by atoms with van der Waals surface area (Å²) in [5.41, 5.74) is 6.05. The highest BCUT2D eigenvalue weighted by Gasteiger charge is 2.40. The number of aromatic nitrogens is 3. The number of carbonyl (C=O) groups excluding carboxylic acids is 4. The van der Waals surface area contributed by atoms with E-state index in [1.54, 1.807) is 21.8 Å². The van der Waals surface area contributed by atoms with Crippen molar-refractivity contribution in [2.24, 2.45) is 5.41 Å². The van der Waals surface area contributed by atoms with E-state index in [4.69, 9.17) is 9.72 Å². The number of amides is 4. The molecule has 1 N–H and O–H groups in total. The van der Waals surface area contributed by atoms with Crippen molar-refractivity contribution in [1.29, 1.82) is 5.26 Å². The first-order chi connectivity index (χ1) is 30.6. The number of carbonyl (C=O) groups is 4. The van der Waals surface area contributed by atoms with Crippen molar-refractivity contribution in [2.75, 3.05) is 77.0 Å². The maximum atomic E-state index is 13.4. The highest BCUT2D eigenvalue weighted by Crippen LogP contribution is 2.39. The van der Waals surface area contributed by atoms with Crippen molar-refractivity contribution in [1.82, 2.24) is 39.5 Å². The number of nitrogens with zero attached hydrogens (tertiary/aromatic N) is 9. The lowest BCUT2D eigenvalue weighted by molar-refractivity contribution is -0.137. The van der Waals surface area contributed by atoms with E-state index in [2.05, 4.69) is 61.2 Å². The molecule has 3 aromatic heterocycles. The Morgan fingerprint density at radius 2 is 1.71 bits per heavy atom. The van der Waals surface area contributed by atoms with Gasteiger partial charge in [-0.25, -0.2) is 9.50 Å². The highest BCUT2D eigenvalue weighted by molar-refractivity contribution is 6.05. The number of ether oxygens (including phenoxy) is 1. The van der Waals surface area contributed by atoms with Crippen LogP contribution in [0.1, 0.15) is 98.2 Å². The molecule has 4 aromatic rings. The van der Waals surface area contributed by atoms with Crippen LogP contribution < -0.4 is 15.0 Å². The number of benzene rings is 1. The molecule has 0 aliphatic carbocycles. The van der Waals surface area contributed by atoms with Crippen LogP contribution in [0.3, 0.4) is 0 Å². The van der Waals surface area contributed by atoms with Gasteiger partial charge in [0.15, 0.2) is 0 Å². The Labute approximate surface area is 368 Å². The van der Waals surface area contributed by atoms with Gasteiger partial charge in [-0.05, 0) is 105 Å². The maximum absolute atomic E-state index is 13.4. The summed E-state index contributed by atoms with van der Waals surface area (Å²) in [6.07, 6.45) is 11.7. The van der Waals surface area contributed by atoms with Gasteiger partial charge in [0.25, 0.3) is 5.91 Å². The second kappa shape index (κ2) is 18.1. The van der Waals surface area contributed by atoms with E-state index < -0.39 is 6.04 Å². The quantitative estimate of drug-likeness (QED) is 0.195. The number of nitriles is 1. The third-order valence-corrected chi connectivity index (χ3v) is 14.5. The number of rotatable bonds is 12. The van der Waals surface area contributed by atoms with E-state index in [1.165, 1.54) is 0 Å². The first-order valence-corrected chi connectivity index (χ1v) is 22.9. The van der Waals surface area contributed by atoms with Crippen LogP contribution in [0.5, 0.6) is 5.75 Å². The molecule has 0 saturated carbocycles. The summed E-state index contributed by atoms with van der Waals surface area (Å²) >= 11 is 0. The molecule has 5 aliphatic rings. The molecule has 63 heavy (non-hydrogen) atoms. The largest absolute Gasteiger partial charge is 0.492 e. The van der Waals surface area contributed by atoms with E-state index >= 15 is 0 Å². The predicted molar refractivity (Wildman–Crippen MR) is 237 cm³/mol. The molecule has 8 heterocycles. The van der Waals surface area contributed by atoms with Gasteiger partial charge in [0.2, 0.25) is 17.7 Å². The van der Waals surface area contributed by atoms with Crippen LogP contribution in [0.2, 0.25) is 0 Å². The summed E-state index contributed by atoms with van der Waals surface area (Å²) in [5.74, 6) is 1.46. The number of piperidine rings is 3. The Balaban J connectivity index is 0.709. The fourth-order valence-electron chi connectivity index (χ4n) is 10.6. The van der Waals surface area contributed by atoms with Crippen molar-refractivity contribution >= 4 is 35.0 Å². The lowest BCUT2D eigenvalue weighted by Gasteiger charge is -2.46. The first-order valence-electron chi connectivity index (χ1n) is 22.9. The van der Waals surface area contributed by atoms with Crippen LogP contribution in [0, 0.1) is 16.7 Å². The number of hydrogen-bond acceptors (Lipinski definition) is 11. The summed E-state index contributed by atoms with van der Waals surface area (Å²) in [6.45, 7) is 14.1. The molecule has 9 rings (SSSR count). The Bertz CT molecular complexity index is 2400. The standard InChI is InChI=1S/C48H58N10O5/c1-3-48(14-19-55(20-15-48)42-9-7-35(28-50-42)39-26-38(63-4-2)31-58-45(39)37(27-49)29-51-58)32-54-21-23-56(24-22-54)44(60)13-18-53-16-11-33(12-17-53)34-5-6-36-30-57(47(62)40(36)25-34)41-8-10-43(59)52-46(41)61/h5-7,9,25-26,28-29,31,33,41H,3-4,8,10-24,30,32H2,1-2H3,(H,52,59,61). The van der Waals surface area contributed by atoms with Crippen LogP contribution in [0.25, 0.3) is 16.6 Å². The van der Waals surface area contributed by atoms with Gasteiger partial charge in [-0.2, -0.15) is 10.4 Å². The zero-order chi connectivity index (χ0) is 43.7. The van der Waals surface area contributed by atoms with Crippen LogP contribution >= 0.6 is 0 Å². The van der Waals surface area contributed by atoms with Crippen molar-refractivity contribution in [3.63, 3.8) is 0 Å². The van der Waals surface area contributed by atoms with Crippen molar-refractivity contribution < 1.29 is 23.9 Å². The topological polar surface area (TPSA) is 160 Å². The third-order valence-electron chi connectivity index (χ3n) is 14.5. The number of piperazine rings is 1. The Morgan fingerprint density at radius 3 is 2.41 bits per heavy atom. The average Bonchev–Trinajstić information content (AvgIpc) is 3.88. The Hall–Kier alpha value is -5.85. The van der Waals surface area contributed by atoms with E-state index in [-0.39, 0.29) is 35.5 Å². The van der Waals surface area contributed by atoms with Crippen molar-refractivity contribution in [3.05, 3.63) is 77.2 Å². The molecule has 4 amide bonds. The van der Waals surface area contributed by atoms with E-state index in [1.807, 2.05) is 31.3 Å². The summed E-state index contributed by atoms with van der Waals surface area (Å²) in [5, 5.41) is 16.5. The average molecular weight is 855 g/mol. The highest BCUT2D eigenvalue weighted by atomic mass is 16.5. The number of likely N-dealkylation sites (tertiary alicyclic amines) is 1. The minimum absolute atomic E-state index is 0.127. The number of imide groups is 1. The van der Waals surface area contributed by atoms with Crippen LogP contribution in [-0.2, 0) is 20.9 Å². The molecule has 5 aliphatic heterocycles. The van der Waals surface area contributed by atoms with Crippen molar-refractivity contribution in [3.8, 4) is 22.9 Å². The third kappa shape index (κ3) is 8.75. The molecule has 1 aromatic carbocycles. The number of nitrogens with one attached hydrogen (secondary N) is 1. The minimum atomic E-state index is -0.603. The SMILES string of the molecule is CCOc1cc(-c2ccc(N3CCC(CC)(CN4CCN(C(=O)CCN5CCC(c6ccc7c(c6)C(=O)N(C6CCC(=O)NC6=O)C7)CC5)CC4)CC3)nc2)c2c(C#N)cnn2c1. The van der Waals surface area contributed by atoms with Gasteiger partial charge in [-0.15, -0.1) is 0 Å². The number of anilines is 1. The first kappa shape index (κ1) is 42.5. The zero-order valence-electron chi connectivity index (χ0n) is 36.6. The van der Waals surface area contributed by atoms with E-state index in [0.29, 0.717) is 48.8 Å².